The summed E-state index contributed by atoms with van der Waals surface area (Å²) in [5.41, 5.74) is 0. The highest BCUT2D eigenvalue weighted by Crippen LogP contribution is 1.93. The number of aryl methyl sites for hydroxylation is 1. The monoisotopic (exact) mass is 121 g/mol. The summed E-state index contributed by atoms with van der Waals surface area (Å²) in [7, 11) is 0. The third-order valence-corrected chi connectivity index (χ3v) is 1.10. The maximum Gasteiger partial charge on any atom is 0.106 e. The molecule has 9 heavy (non-hydrogen) atoms. The quantitative estimate of drug-likeness (QED) is 0.642. The Morgan fingerprint density at radius 1 is 1.78 bits per heavy atom. The summed E-state index contributed by atoms with van der Waals surface area (Å²) in [5.74, 6) is 0.997. The van der Waals surface area contributed by atoms with E-state index in [1.807, 2.05) is 6.20 Å². The number of hydrogen-bond donors (Lipinski definition) is 1. The van der Waals surface area contributed by atoms with Crippen molar-refractivity contribution in [3.63, 3.8) is 0 Å². The van der Waals surface area contributed by atoms with Crippen LogP contribution in [0.1, 0.15) is 12.2 Å². The molecule has 0 spiro atoms. The van der Waals surface area contributed by atoms with E-state index >= 15 is 0 Å². The van der Waals surface area contributed by atoms with Crippen molar-refractivity contribution in [3.8, 4) is 0 Å². The summed E-state index contributed by atoms with van der Waals surface area (Å²) < 4.78 is 0. The van der Waals surface area contributed by atoms with Crippen molar-refractivity contribution in [2.24, 2.45) is 0 Å². The minimum absolute atomic E-state index is 0.882. The Balaban J connectivity index is 2.38. The van der Waals surface area contributed by atoms with Crippen LogP contribution in [0.15, 0.2) is 18.5 Å². The first-order chi connectivity index (χ1) is 4.43. The number of hydrogen-bond acceptors (Lipinski definition) is 1. The fourth-order valence-corrected chi connectivity index (χ4v) is 0.655. The lowest BCUT2D eigenvalue weighted by molar-refractivity contribution is 0.910. The number of allylic oxidation sites excluding steroid dienone is 1. The minimum Gasteiger partial charge on any atom is -0.349 e. The van der Waals surface area contributed by atoms with E-state index in [0.29, 0.717) is 0 Å². The summed E-state index contributed by atoms with van der Waals surface area (Å²) in [6.07, 6.45) is 6.98. The number of rotatable bonds is 3. The largest absolute Gasteiger partial charge is 0.349 e. The van der Waals surface area contributed by atoms with E-state index in [2.05, 4.69) is 9.97 Å². The normalized spacial score (nSPS) is 9.33. The number of nitrogens with zero attached hydrogens (tertiary/aromatic N) is 1. The van der Waals surface area contributed by atoms with Gasteiger partial charge in [0.1, 0.15) is 5.82 Å². The molecule has 0 aliphatic carbocycles. The van der Waals surface area contributed by atoms with Gasteiger partial charge >= 0.3 is 0 Å². The molecule has 0 fully saturated rings. The highest BCUT2D eigenvalue weighted by Gasteiger charge is 1.88. The number of aromatic nitrogens is 2. The van der Waals surface area contributed by atoms with E-state index in [0.717, 1.165) is 18.7 Å². The van der Waals surface area contributed by atoms with Gasteiger partial charge < -0.3 is 4.98 Å². The van der Waals surface area contributed by atoms with Gasteiger partial charge in [-0.3, -0.25) is 0 Å². The second kappa shape index (κ2) is 3.07. The van der Waals surface area contributed by atoms with E-state index < -0.39 is 0 Å². The van der Waals surface area contributed by atoms with Gasteiger partial charge in [0.15, 0.2) is 0 Å². The van der Waals surface area contributed by atoms with Crippen LogP contribution in [-0.2, 0) is 6.42 Å². The summed E-state index contributed by atoms with van der Waals surface area (Å²) in [4.78, 5) is 7.01. The molecule has 0 bridgehead atoms. The third kappa shape index (κ3) is 1.72. The number of H-pyrrole nitrogens is 1. The summed E-state index contributed by atoms with van der Waals surface area (Å²) in [6.45, 7) is 5.18. The summed E-state index contributed by atoms with van der Waals surface area (Å²) in [5, 5.41) is 0. The van der Waals surface area contributed by atoms with Crippen molar-refractivity contribution < 1.29 is 0 Å². The average molecular weight is 121 g/mol. The van der Waals surface area contributed by atoms with Gasteiger partial charge in [-0.2, -0.15) is 0 Å². The predicted octanol–water partition coefficient (Wildman–Crippen LogP) is 1.33. The van der Waals surface area contributed by atoms with Crippen molar-refractivity contribution >= 4 is 0 Å². The van der Waals surface area contributed by atoms with Crippen LogP contribution in [0.3, 0.4) is 0 Å². The molecule has 0 aliphatic heterocycles. The smallest absolute Gasteiger partial charge is 0.106 e. The molecule has 1 N–H and O–H groups in total. The molecule has 1 radical (unpaired) electrons. The molecule has 2 heteroatoms. The molecule has 0 amide bonds. The van der Waals surface area contributed by atoms with Gasteiger partial charge in [-0.1, -0.05) is 12.7 Å². The predicted molar refractivity (Wildman–Crippen MR) is 35.8 cm³/mol. The van der Waals surface area contributed by atoms with Crippen LogP contribution in [0, 0.1) is 6.58 Å². The van der Waals surface area contributed by atoms with Crippen LogP contribution in [0.25, 0.3) is 0 Å². The minimum atomic E-state index is 0.882. The molecule has 0 atom stereocenters. The lowest BCUT2D eigenvalue weighted by Gasteiger charge is -1.87. The molecule has 0 saturated heterocycles. The molecule has 0 aromatic carbocycles. The maximum absolute atomic E-state index is 5.18. The molecule has 0 saturated carbocycles. The maximum atomic E-state index is 5.18. The highest BCUT2D eigenvalue weighted by molar-refractivity contribution is 4.88. The fraction of sp³-hybridized carbons (Fsp3) is 0.286. The molecule has 47 valence electrons. The Kier molecular flexibility index (Phi) is 2.07. The first-order valence-electron chi connectivity index (χ1n) is 2.95. The Morgan fingerprint density at radius 3 is 3.22 bits per heavy atom. The molecule has 0 unspecified atom stereocenters. The van der Waals surface area contributed by atoms with E-state index in [9.17, 15) is 0 Å². The van der Waals surface area contributed by atoms with Crippen LogP contribution in [0.5, 0.6) is 0 Å². The zero-order valence-corrected chi connectivity index (χ0v) is 5.17. The van der Waals surface area contributed by atoms with Gasteiger partial charge in [0.2, 0.25) is 0 Å². The van der Waals surface area contributed by atoms with Crippen LogP contribution < -0.4 is 0 Å². The van der Waals surface area contributed by atoms with Gasteiger partial charge in [0.25, 0.3) is 0 Å². The standard InChI is InChI=1S/C7H9N2/c1-2-3-4-7-8-5-6-9-7/h1-2,5-6H,3-4H2,(H,8,9). The van der Waals surface area contributed by atoms with E-state index in [4.69, 9.17) is 6.58 Å². The first-order valence-corrected chi connectivity index (χ1v) is 2.95. The molecule has 1 rings (SSSR count). The lowest BCUT2D eigenvalue weighted by atomic mass is 10.3. The molecule has 1 aromatic heterocycles. The van der Waals surface area contributed by atoms with Crippen molar-refractivity contribution in [1.29, 1.82) is 0 Å². The molecule has 1 aromatic rings. The average Bonchev–Trinajstić information content (AvgIpc) is 2.34. The van der Waals surface area contributed by atoms with Gasteiger partial charge in [0, 0.05) is 18.8 Å². The van der Waals surface area contributed by atoms with Crippen molar-refractivity contribution in [2.75, 3.05) is 0 Å². The van der Waals surface area contributed by atoms with Crippen molar-refractivity contribution in [2.45, 2.75) is 12.8 Å². The van der Waals surface area contributed by atoms with E-state index in [1.165, 1.54) is 0 Å². The zero-order valence-electron chi connectivity index (χ0n) is 5.17. The van der Waals surface area contributed by atoms with E-state index in [1.54, 1.807) is 12.3 Å². The van der Waals surface area contributed by atoms with Crippen LogP contribution in [-0.4, -0.2) is 9.97 Å². The Labute approximate surface area is 54.6 Å². The van der Waals surface area contributed by atoms with Gasteiger partial charge in [-0.25, -0.2) is 4.98 Å². The zero-order chi connectivity index (χ0) is 6.53. The van der Waals surface area contributed by atoms with Crippen LogP contribution in [0.4, 0.5) is 0 Å². The molecular formula is C7H9N2. The lowest BCUT2D eigenvalue weighted by Crippen LogP contribution is -1.84. The first kappa shape index (κ1) is 6.08. The van der Waals surface area contributed by atoms with Crippen molar-refractivity contribution in [3.05, 3.63) is 30.9 Å². The fourth-order valence-electron chi connectivity index (χ4n) is 0.655. The molecule has 2 nitrogen and oxygen atoms in total. The highest BCUT2D eigenvalue weighted by atomic mass is 14.9. The van der Waals surface area contributed by atoms with Gasteiger partial charge in [0.05, 0.1) is 0 Å². The number of nitrogens with one attached hydrogen (secondary N) is 1. The summed E-state index contributed by atoms with van der Waals surface area (Å²) >= 11 is 0. The SMILES string of the molecule is [CH]=CCCc1ncc[nH]1. The molecular weight excluding hydrogens is 112 g/mol. The number of imidazole rings is 1. The number of aromatic amines is 1. The topological polar surface area (TPSA) is 28.7 Å². The third-order valence-electron chi connectivity index (χ3n) is 1.10. The second-order valence-corrected chi connectivity index (χ2v) is 1.81. The van der Waals surface area contributed by atoms with Crippen molar-refractivity contribution in [1.82, 2.24) is 9.97 Å². The Bertz CT molecular complexity index is 165. The van der Waals surface area contributed by atoms with Crippen LogP contribution >= 0.6 is 0 Å². The Hall–Kier alpha value is -1.05. The Morgan fingerprint density at radius 2 is 2.67 bits per heavy atom. The molecule has 1 heterocycles. The van der Waals surface area contributed by atoms with E-state index in [-0.39, 0.29) is 0 Å². The second-order valence-electron chi connectivity index (χ2n) is 1.81. The summed E-state index contributed by atoms with van der Waals surface area (Å²) in [6, 6.07) is 0. The van der Waals surface area contributed by atoms with Gasteiger partial charge in [-0.15, -0.1) is 0 Å². The van der Waals surface area contributed by atoms with Crippen LogP contribution in [0.2, 0.25) is 0 Å². The molecule has 0 aliphatic rings. The van der Waals surface area contributed by atoms with Gasteiger partial charge in [-0.05, 0) is 6.42 Å².